The van der Waals surface area contributed by atoms with Gasteiger partial charge in [0.1, 0.15) is 17.9 Å². The number of nitrogens with one attached hydrogen (secondary N) is 1. The fourth-order valence-corrected chi connectivity index (χ4v) is 4.18. The Morgan fingerprint density at radius 2 is 1.70 bits per heavy atom. The number of halogens is 2. The smallest absolute Gasteiger partial charge is 0.335 e. The van der Waals surface area contributed by atoms with Crippen LogP contribution in [0.4, 0.5) is 10.5 Å². The molecule has 4 amide bonds. The van der Waals surface area contributed by atoms with Crippen molar-refractivity contribution in [1.29, 1.82) is 0 Å². The zero-order valence-electron chi connectivity index (χ0n) is 17.5. The molecule has 0 bridgehead atoms. The lowest BCUT2D eigenvalue weighted by Gasteiger charge is -2.26. The Hall–Kier alpha value is -2.98. The van der Waals surface area contributed by atoms with E-state index in [1.165, 1.54) is 6.08 Å². The lowest BCUT2D eigenvalue weighted by atomic mass is 10.1. The molecular weight excluding hydrogens is 599 g/mol. The lowest BCUT2D eigenvalue weighted by molar-refractivity contribution is -0.122. The Morgan fingerprint density at radius 1 is 1.00 bits per heavy atom. The average molecular weight is 617 g/mol. The second kappa shape index (κ2) is 9.88. The molecule has 166 valence electrons. The molecule has 1 aliphatic heterocycles. The van der Waals surface area contributed by atoms with Gasteiger partial charge in [-0.3, -0.25) is 14.9 Å². The molecule has 4 rings (SSSR count). The van der Waals surface area contributed by atoms with Gasteiger partial charge in [-0.15, -0.1) is 0 Å². The maximum atomic E-state index is 13.0. The Labute approximate surface area is 212 Å². The van der Waals surface area contributed by atoms with E-state index in [9.17, 15) is 14.4 Å². The fourth-order valence-electron chi connectivity index (χ4n) is 3.22. The van der Waals surface area contributed by atoms with Crippen molar-refractivity contribution in [2.45, 2.75) is 13.5 Å². The zero-order valence-corrected chi connectivity index (χ0v) is 21.2. The summed E-state index contributed by atoms with van der Waals surface area (Å²) >= 11 is 5.56. The summed E-state index contributed by atoms with van der Waals surface area (Å²) in [5.74, 6) is -0.700. The van der Waals surface area contributed by atoms with E-state index in [-0.39, 0.29) is 5.57 Å². The first-order valence-electron chi connectivity index (χ1n) is 9.97. The van der Waals surface area contributed by atoms with Gasteiger partial charge in [-0.25, -0.2) is 9.69 Å². The minimum Gasteiger partial charge on any atom is -0.488 e. The second-order valence-corrected chi connectivity index (χ2v) is 9.48. The summed E-state index contributed by atoms with van der Waals surface area (Å²) in [7, 11) is 0. The molecule has 1 aliphatic rings. The maximum absolute atomic E-state index is 13.0. The van der Waals surface area contributed by atoms with Crippen molar-refractivity contribution in [3.05, 3.63) is 97.0 Å². The summed E-state index contributed by atoms with van der Waals surface area (Å²) in [4.78, 5) is 38.7. The maximum Gasteiger partial charge on any atom is 0.335 e. The van der Waals surface area contributed by atoms with Gasteiger partial charge in [0.05, 0.1) is 9.26 Å². The highest BCUT2D eigenvalue weighted by molar-refractivity contribution is 14.1. The van der Waals surface area contributed by atoms with Crippen molar-refractivity contribution in [2.24, 2.45) is 0 Å². The van der Waals surface area contributed by atoms with E-state index in [1.807, 2.05) is 37.3 Å². The van der Waals surface area contributed by atoms with Gasteiger partial charge in [0, 0.05) is 4.47 Å². The van der Waals surface area contributed by atoms with Crippen LogP contribution in [-0.4, -0.2) is 17.8 Å². The molecule has 0 unspecified atom stereocenters. The third-order valence-electron chi connectivity index (χ3n) is 4.97. The van der Waals surface area contributed by atoms with E-state index in [4.69, 9.17) is 4.74 Å². The summed E-state index contributed by atoms with van der Waals surface area (Å²) < 4.78 is 7.74. The van der Waals surface area contributed by atoms with E-state index < -0.39 is 17.8 Å². The quantitative estimate of drug-likeness (QED) is 0.230. The van der Waals surface area contributed by atoms with Crippen LogP contribution in [0.15, 0.2) is 76.8 Å². The molecule has 1 saturated heterocycles. The van der Waals surface area contributed by atoms with Crippen molar-refractivity contribution < 1.29 is 19.1 Å². The molecule has 0 radical (unpaired) electrons. The summed E-state index contributed by atoms with van der Waals surface area (Å²) in [5, 5.41) is 2.24. The normalized spacial score (nSPS) is 15.1. The molecule has 0 aromatic heterocycles. The summed E-state index contributed by atoms with van der Waals surface area (Å²) in [6.07, 6.45) is 1.48. The number of benzene rings is 3. The SMILES string of the molecule is Cc1ccc(N2C(=O)NC(=O)/C(=C\c3ccc(OCc4ccc(Br)cc4)c(I)c3)C2=O)cc1. The van der Waals surface area contributed by atoms with E-state index in [0.717, 1.165) is 24.1 Å². The van der Waals surface area contributed by atoms with E-state index in [1.54, 1.807) is 36.4 Å². The highest BCUT2D eigenvalue weighted by atomic mass is 127. The number of rotatable bonds is 5. The Bertz CT molecular complexity index is 1270. The lowest BCUT2D eigenvalue weighted by Crippen LogP contribution is -2.54. The third kappa shape index (κ3) is 5.33. The van der Waals surface area contributed by atoms with Crippen LogP contribution in [0.3, 0.4) is 0 Å². The predicted molar refractivity (Wildman–Crippen MR) is 138 cm³/mol. The number of hydrogen-bond acceptors (Lipinski definition) is 4. The van der Waals surface area contributed by atoms with Gasteiger partial charge < -0.3 is 4.74 Å². The van der Waals surface area contributed by atoms with Crippen LogP contribution in [0.2, 0.25) is 0 Å². The second-order valence-electron chi connectivity index (χ2n) is 7.40. The summed E-state index contributed by atoms with van der Waals surface area (Å²) in [6, 6.07) is 19.4. The summed E-state index contributed by atoms with van der Waals surface area (Å²) in [5.41, 5.74) is 2.95. The number of amides is 4. The molecule has 3 aromatic carbocycles. The van der Waals surface area contributed by atoms with Gasteiger partial charge in [0.25, 0.3) is 11.8 Å². The highest BCUT2D eigenvalue weighted by Crippen LogP contribution is 2.26. The number of imide groups is 2. The number of ether oxygens (including phenoxy) is 1. The van der Waals surface area contributed by atoms with Crippen molar-refractivity contribution in [3.8, 4) is 5.75 Å². The number of nitrogens with zero attached hydrogens (tertiary/aromatic N) is 1. The van der Waals surface area contributed by atoms with Crippen molar-refractivity contribution >= 4 is 68.1 Å². The first-order valence-corrected chi connectivity index (χ1v) is 11.8. The van der Waals surface area contributed by atoms with Crippen LogP contribution in [0, 0.1) is 10.5 Å². The van der Waals surface area contributed by atoms with E-state index in [2.05, 4.69) is 43.8 Å². The fraction of sp³-hybridized carbons (Fsp3) is 0.0800. The number of carbonyl (C=O) groups excluding carboxylic acids is 3. The zero-order chi connectivity index (χ0) is 23.5. The first-order chi connectivity index (χ1) is 15.8. The molecule has 0 atom stereocenters. The van der Waals surface area contributed by atoms with Crippen molar-refractivity contribution in [3.63, 3.8) is 0 Å². The van der Waals surface area contributed by atoms with Crippen LogP contribution in [0.25, 0.3) is 6.08 Å². The molecule has 0 saturated carbocycles. The monoisotopic (exact) mass is 616 g/mol. The largest absolute Gasteiger partial charge is 0.488 e. The molecule has 0 aliphatic carbocycles. The van der Waals surface area contributed by atoms with Crippen LogP contribution in [0.5, 0.6) is 5.75 Å². The number of urea groups is 1. The summed E-state index contributed by atoms with van der Waals surface area (Å²) in [6.45, 7) is 2.32. The molecule has 8 heteroatoms. The minimum atomic E-state index is -0.766. The molecule has 33 heavy (non-hydrogen) atoms. The van der Waals surface area contributed by atoms with E-state index >= 15 is 0 Å². The van der Waals surface area contributed by atoms with Gasteiger partial charge in [0.2, 0.25) is 0 Å². The van der Waals surface area contributed by atoms with Crippen LogP contribution in [-0.2, 0) is 16.2 Å². The molecular formula is C25H18BrIN2O4. The molecule has 1 N–H and O–H groups in total. The topological polar surface area (TPSA) is 75.7 Å². The number of anilines is 1. The predicted octanol–water partition coefficient (Wildman–Crippen LogP) is 5.61. The average Bonchev–Trinajstić information content (AvgIpc) is 2.78. The van der Waals surface area contributed by atoms with E-state index in [0.29, 0.717) is 23.6 Å². The minimum absolute atomic E-state index is 0.116. The Morgan fingerprint density at radius 3 is 2.36 bits per heavy atom. The highest BCUT2D eigenvalue weighted by Gasteiger charge is 2.36. The molecule has 1 fully saturated rings. The number of carbonyl (C=O) groups is 3. The molecule has 6 nitrogen and oxygen atoms in total. The van der Waals surface area contributed by atoms with Crippen LogP contribution in [0.1, 0.15) is 16.7 Å². The Balaban J connectivity index is 1.55. The Kier molecular flexibility index (Phi) is 6.94. The van der Waals surface area contributed by atoms with Gasteiger partial charge in [-0.05, 0) is 83.1 Å². The van der Waals surface area contributed by atoms with Gasteiger partial charge >= 0.3 is 6.03 Å². The van der Waals surface area contributed by atoms with Crippen molar-refractivity contribution in [1.82, 2.24) is 5.32 Å². The number of barbiturate groups is 1. The number of aryl methyl sites for hydroxylation is 1. The molecule has 0 spiro atoms. The standard InChI is InChI=1S/C25H18BrIN2O4/c1-15-2-9-19(10-3-15)29-24(31)20(23(30)28-25(29)32)12-17-6-11-22(21(27)13-17)33-14-16-4-7-18(26)8-5-16/h2-13H,14H2,1H3,(H,28,30,32)/b20-12+. The van der Waals surface area contributed by atoms with Gasteiger partial charge in [-0.1, -0.05) is 51.8 Å². The molecule has 3 aromatic rings. The van der Waals surface area contributed by atoms with Crippen LogP contribution < -0.4 is 15.0 Å². The molecule has 1 heterocycles. The first kappa shape index (κ1) is 23.2. The number of hydrogen-bond donors (Lipinski definition) is 1. The third-order valence-corrected chi connectivity index (χ3v) is 6.34. The van der Waals surface area contributed by atoms with Gasteiger partial charge in [-0.2, -0.15) is 0 Å². The van der Waals surface area contributed by atoms with Crippen LogP contribution >= 0.6 is 38.5 Å². The van der Waals surface area contributed by atoms with Crippen molar-refractivity contribution in [2.75, 3.05) is 4.90 Å². The van der Waals surface area contributed by atoms with Gasteiger partial charge in [0.15, 0.2) is 0 Å².